The Morgan fingerprint density at radius 3 is 2.83 bits per heavy atom. The summed E-state index contributed by atoms with van der Waals surface area (Å²) in [5, 5.41) is 3.10. The molecule has 0 unspecified atom stereocenters. The van der Waals surface area contributed by atoms with Gasteiger partial charge in [-0.25, -0.2) is 17.5 Å². The minimum Gasteiger partial charge on any atom is -0.315 e. The number of rotatable bonds is 3. The smallest absolute Gasteiger partial charge is 0.242 e. The minimum absolute atomic E-state index is 0. The van der Waals surface area contributed by atoms with E-state index >= 15 is 0 Å². The average Bonchev–Trinajstić information content (AvgIpc) is 2.30. The van der Waals surface area contributed by atoms with Crippen molar-refractivity contribution in [2.45, 2.75) is 23.8 Å². The lowest BCUT2D eigenvalue weighted by atomic mass is 10.1. The first-order valence-corrected chi connectivity index (χ1v) is 6.90. The predicted molar refractivity (Wildman–Crippen MR) is 67.7 cm³/mol. The Morgan fingerprint density at radius 1 is 1.44 bits per heavy atom. The number of pyridine rings is 1. The lowest BCUT2D eigenvalue weighted by molar-refractivity contribution is 0.428. The van der Waals surface area contributed by atoms with Crippen LogP contribution in [0.5, 0.6) is 0 Å². The van der Waals surface area contributed by atoms with Gasteiger partial charge in [-0.1, -0.05) is 0 Å². The van der Waals surface area contributed by atoms with Gasteiger partial charge in [0.1, 0.15) is 10.7 Å². The molecule has 1 saturated heterocycles. The van der Waals surface area contributed by atoms with Crippen LogP contribution < -0.4 is 10.0 Å². The third-order valence-corrected chi connectivity index (χ3v) is 4.10. The van der Waals surface area contributed by atoms with Gasteiger partial charge in [0.25, 0.3) is 0 Å². The first-order chi connectivity index (χ1) is 8.08. The number of aromatic nitrogens is 1. The fourth-order valence-electron chi connectivity index (χ4n) is 1.78. The zero-order chi connectivity index (χ0) is 12.3. The number of sulfonamides is 1. The van der Waals surface area contributed by atoms with Gasteiger partial charge in [0, 0.05) is 18.8 Å². The molecule has 0 aromatic carbocycles. The summed E-state index contributed by atoms with van der Waals surface area (Å²) in [5.41, 5.74) is 0. The molecule has 8 heteroatoms. The second-order valence-electron chi connectivity index (χ2n) is 4.00. The Labute approximate surface area is 112 Å². The van der Waals surface area contributed by atoms with Crippen molar-refractivity contribution in [2.24, 2.45) is 0 Å². The molecule has 2 N–H and O–H groups in total. The fourth-order valence-corrected chi connectivity index (χ4v) is 3.02. The molecule has 1 fully saturated rings. The number of hydrogen-bond acceptors (Lipinski definition) is 4. The van der Waals surface area contributed by atoms with Crippen LogP contribution in [0.3, 0.4) is 0 Å². The van der Waals surface area contributed by atoms with E-state index in [1.165, 1.54) is 0 Å². The van der Waals surface area contributed by atoms with Crippen molar-refractivity contribution in [3.63, 3.8) is 0 Å². The summed E-state index contributed by atoms with van der Waals surface area (Å²) in [6.07, 6.45) is 3.83. The quantitative estimate of drug-likeness (QED) is 0.860. The fraction of sp³-hybridized carbons (Fsp3) is 0.500. The van der Waals surface area contributed by atoms with Crippen molar-refractivity contribution >= 4 is 22.4 Å². The summed E-state index contributed by atoms with van der Waals surface area (Å²) in [6.45, 7) is 1.50. The van der Waals surface area contributed by atoms with Crippen LogP contribution in [0.1, 0.15) is 12.8 Å². The van der Waals surface area contributed by atoms with Crippen molar-refractivity contribution in [1.29, 1.82) is 0 Å². The van der Waals surface area contributed by atoms with Crippen LogP contribution >= 0.6 is 12.4 Å². The maximum Gasteiger partial charge on any atom is 0.242 e. The molecule has 1 atom stereocenters. The summed E-state index contributed by atoms with van der Waals surface area (Å²) in [6, 6.07) is 0.822. The van der Waals surface area contributed by atoms with Gasteiger partial charge < -0.3 is 5.32 Å². The molecule has 2 heterocycles. The molecule has 1 aromatic rings. The highest BCUT2D eigenvalue weighted by Crippen LogP contribution is 2.11. The second-order valence-corrected chi connectivity index (χ2v) is 5.72. The number of hydrogen-bond donors (Lipinski definition) is 2. The van der Waals surface area contributed by atoms with E-state index in [0.29, 0.717) is 6.54 Å². The summed E-state index contributed by atoms with van der Waals surface area (Å²) in [4.78, 5) is 3.40. The van der Waals surface area contributed by atoms with E-state index in [1.807, 2.05) is 0 Å². The van der Waals surface area contributed by atoms with E-state index in [1.54, 1.807) is 0 Å². The topological polar surface area (TPSA) is 71.1 Å². The van der Waals surface area contributed by atoms with Crippen molar-refractivity contribution in [3.05, 3.63) is 24.3 Å². The van der Waals surface area contributed by atoms with Crippen molar-refractivity contribution in [1.82, 2.24) is 15.0 Å². The highest BCUT2D eigenvalue weighted by atomic mass is 35.5. The average molecular weight is 296 g/mol. The van der Waals surface area contributed by atoms with E-state index in [2.05, 4.69) is 15.0 Å². The zero-order valence-corrected chi connectivity index (χ0v) is 11.2. The molecule has 2 rings (SSSR count). The Bertz CT molecular complexity index is 492. The summed E-state index contributed by atoms with van der Waals surface area (Å²) < 4.78 is 39.3. The standard InChI is InChI=1S/C10H14FN3O2S.ClH/c11-8-4-10(7-13-5-8)17(15,16)14-9-2-1-3-12-6-9;/h4-5,7,9,12,14H,1-3,6H2;1H/t9-;/m0./s1. The minimum atomic E-state index is -3.67. The van der Waals surface area contributed by atoms with Gasteiger partial charge in [-0.05, 0) is 25.5 Å². The maximum atomic E-state index is 12.9. The predicted octanol–water partition coefficient (Wildman–Crippen LogP) is 0.673. The lowest BCUT2D eigenvalue weighted by Crippen LogP contribution is -2.45. The normalized spacial score (nSPS) is 20.2. The van der Waals surface area contributed by atoms with Crippen molar-refractivity contribution < 1.29 is 12.8 Å². The first kappa shape index (κ1) is 15.3. The molecule has 0 amide bonds. The van der Waals surface area contributed by atoms with Crippen LogP contribution in [0, 0.1) is 5.82 Å². The molecular formula is C10H15ClFN3O2S. The molecule has 5 nitrogen and oxygen atoms in total. The molecule has 0 saturated carbocycles. The number of nitrogens with zero attached hydrogens (tertiary/aromatic N) is 1. The largest absolute Gasteiger partial charge is 0.315 e. The van der Waals surface area contributed by atoms with Crippen LogP contribution in [0.25, 0.3) is 0 Å². The van der Waals surface area contributed by atoms with Crippen LogP contribution in [-0.2, 0) is 10.0 Å². The molecule has 102 valence electrons. The zero-order valence-electron chi connectivity index (χ0n) is 9.60. The van der Waals surface area contributed by atoms with E-state index in [-0.39, 0.29) is 23.3 Å². The summed E-state index contributed by atoms with van der Waals surface area (Å²) >= 11 is 0. The van der Waals surface area contributed by atoms with Gasteiger partial charge in [0.15, 0.2) is 0 Å². The highest BCUT2D eigenvalue weighted by Gasteiger charge is 2.22. The maximum absolute atomic E-state index is 12.9. The third-order valence-electron chi connectivity index (χ3n) is 2.61. The number of piperidine rings is 1. The molecule has 18 heavy (non-hydrogen) atoms. The van der Waals surface area contributed by atoms with Crippen LogP contribution in [0.15, 0.2) is 23.4 Å². The molecule has 1 aliphatic rings. The monoisotopic (exact) mass is 295 g/mol. The van der Waals surface area contributed by atoms with Crippen LogP contribution in [0.4, 0.5) is 4.39 Å². The molecule has 1 aromatic heterocycles. The molecule has 0 bridgehead atoms. The highest BCUT2D eigenvalue weighted by molar-refractivity contribution is 7.89. The number of halogens is 2. The SMILES string of the molecule is Cl.O=S(=O)(N[C@H]1CCCNC1)c1cncc(F)c1. The van der Waals surface area contributed by atoms with Gasteiger partial charge in [-0.2, -0.15) is 0 Å². The molecule has 1 aliphatic heterocycles. The molecule has 0 radical (unpaired) electrons. The van der Waals surface area contributed by atoms with Gasteiger partial charge in [0.05, 0.1) is 6.20 Å². The van der Waals surface area contributed by atoms with Crippen LogP contribution in [-0.4, -0.2) is 32.5 Å². The van der Waals surface area contributed by atoms with Gasteiger partial charge in [-0.3, -0.25) is 4.98 Å². The Hall–Kier alpha value is -0.760. The van der Waals surface area contributed by atoms with E-state index in [9.17, 15) is 12.8 Å². The Balaban J connectivity index is 0.00000162. The lowest BCUT2D eigenvalue weighted by Gasteiger charge is -2.23. The van der Waals surface area contributed by atoms with Gasteiger partial charge >= 0.3 is 0 Å². The van der Waals surface area contributed by atoms with Gasteiger partial charge in [0.2, 0.25) is 10.0 Å². The van der Waals surface area contributed by atoms with Crippen molar-refractivity contribution in [2.75, 3.05) is 13.1 Å². The summed E-state index contributed by atoms with van der Waals surface area (Å²) in [7, 11) is -3.67. The van der Waals surface area contributed by atoms with Crippen LogP contribution in [0.2, 0.25) is 0 Å². The molecule has 0 aliphatic carbocycles. The summed E-state index contributed by atoms with van der Waals surface area (Å²) in [5.74, 6) is -0.658. The molecule has 0 spiro atoms. The second kappa shape index (κ2) is 6.42. The van der Waals surface area contributed by atoms with E-state index < -0.39 is 15.8 Å². The Kier molecular flexibility index (Phi) is 5.46. The molecular weight excluding hydrogens is 281 g/mol. The first-order valence-electron chi connectivity index (χ1n) is 5.41. The Morgan fingerprint density at radius 2 is 2.22 bits per heavy atom. The van der Waals surface area contributed by atoms with E-state index in [0.717, 1.165) is 37.8 Å². The van der Waals surface area contributed by atoms with E-state index in [4.69, 9.17) is 0 Å². The number of nitrogens with one attached hydrogen (secondary N) is 2. The van der Waals surface area contributed by atoms with Crippen molar-refractivity contribution in [3.8, 4) is 0 Å². The third kappa shape index (κ3) is 3.88. The van der Waals surface area contributed by atoms with Gasteiger partial charge in [-0.15, -0.1) is 12.4 Å².